The van der Waals surface area contributed by atoms with Crippen LogP contribution in [0.4, 0.5) is 0 Å². The molecule has 0 aliphatic carbocycles. The number of hydrogen-bond donors (Lipinski definition) is 2. The van der Waals surface area contributed by atoms with Gasteiger partial charge in [0.25, 0.3) is 0 Å². The molecule has 1 atom stereocenters. The zero-order valence-corrected chi connectivity index (χ0v) is 11.5. The molecule has 2 aliphatic rings. The number of thioether (sulfide) groups is 1. The van der Waals surface area contributed by atoms with E-state index in [1.807, 2.05) is 18.7 Å². The predicted molar refractivity (Wildman–Crippen MR) is 70.3 cm³/mol. The summed E-state index contributed by atoms with van der Waals surface area (Å²) in [5.74, 6) is 1.22. The van der Waals surface area contributed by atoms with Crippen molar-refractivity contribution in [1.29, 1.82) is 0 Å². The van der Waals surface area contributed by atoms with E-state index in [0.717, 1.165) is 19.6 Å². The van der Waals surface area contributed by atoms with E-state index in [0.29, 0.717) is 0 Å². The molecule has 5 heteroatoms. The summed E-state index contributed by atoms with van der Waals surface area (Å²) < 4.78 is 5.83. The molecule has 0 aromatic heterocycles. The minimum Gasteiger partial charge on any atom is -0.363 e. The molecule has 1 amide bonds. The van der Waals surface area contributed by atoms with Gasteiger partial charge >= 0.3 is 0 Å². The number of carbonyl (C=O) groups is 1. The molecule has 0 saturated carbocycles. The molecule has 2 fully saturated rings. The fraction of sp³-hybridized carbons (Fsp3) is 0.917. The van der Waals surface area contributed by atoms with Crippen molar-refractivity contribution in [2.45, 2.75) is 37.0 Å². The summed E-state index contributed by atoms with van der Waals surface area (Å²) in [6.45, 7) is 6.88. The highest BCUT2D eigenvalue weighted by Crippen LogP contribution is 2.36. The monoisotopic (exact) mass is 258 g/mol. The lowest BCUT2D eigenvalue weighted by Crippen LogP contribution is -2.59. The molecule has 2 aliphatic heterocycles. The Labute approximate surface area is 107 Å². The highest BCUT2D eigenvalue weighted by Gasteiger charge is 2.33. The van der Waals surface area contributed by atoms with Gasteiger partial charge in [-0.05, 0) is 32.4 Å². The van der Waals surface area contributed by atoms with Gasteiger partial charge < -0.3 is 15.4 Å². The van der Waals surface area contributed by atoms with Gasteiger partial charge in [0, 0.05) is 24.4 Å². The molecule has 2 N–H and O–H groups in total. The van der Waals surface area contributed by atoms with E-state index >= 15 is 0 Å². The standard InChI is InChI=1S/C12H22N2O2S/c1-11(7-13-8-11)16-6-10(15)14-9-12(2)4-3-5-17-12/h13H,3-9H2,1-2H3,(H,14,15). The van der Waals surface area contributed by atoms with E-state index in [9.17, 15) is 4.79 Å². The molecule has 0 bridgehead atoms. The van der Waals surface area contributed by atoms with Crippen LogP contribution in [-0.2, 0) is 9.53 Å². The molecular weight excluding hydrogens is 236 g/mol. The van der Waals surface area contributed by atoms with Crippen LogP contribution >= 0.6 is 11.8 Å². The molecule has 0 aromatic carbocycles. The predicted octanol–water partition coefficient (Wildman–Crippen LogP) is 0.767. The van der Waals surface area contributed by atoms with Crippen molar-refractivity contribution in [2.24, 2.45) is 0 Å². The Morgan fingerprint density at radius 2 is 2.24 bits per heavy atom. The van der Waals surface area contributed by atoms with E-state index in [2.05, 4.69) is 17.6 Å². The Morgan fingerprint density at radius 1 is 1.47 bits per heavy atom. The van der Waals surface area contributed by atoms with Crippen molar-refractivity contribution in [3.05, 3.63) is 0 Å². The topological polar surface area (TPSA) is 50.4 Å². The molecule has 0 spiro atoms. The van der Waals surface area contributed by atoms with Crippen molar-refractivity contribution in [2.75, 3.05) is 32.0 Å². The zero-order valence-electron chi connectivity index (χ0n) is 10.7. The van der Waals surface area contributed by atoms with E-state index < -0.39 is 0 Å². The van der Waals surface area contributed by atoms with E-state index in [1.54, 1.807) is 0 Å². The Balaban J connectivity index is 1.63. The molecule has 1 unspecified atom stereocenters. The Bertz CT molecular complexity index is 286. The molecule has 0 aromatic rings. The number of nitrogens with one attached hydrogen (secondary N) is 2. The second-order valence-electron chi connectivity index (χ2n) is 5.52. The van der Waals surface area contributed by atoms with Gasteiger partial charge in [0.2, 0.25) is 5.91 Å². The minimum atomic E-state index is -0.136. The van der Waals surface area contributed by atoms with Gasteiger partial charge in [-0.25, -0.2) is 0 Å². The highest BCUT2D eigenvalue weighted by molar-refractivity contribution is 8.00. The van der Waals surface area contributed by atoms with Crippen LogP contribution in [0.1, 0.15) is 26.7 Å². The molecular formula is C12H22N2O2S. The van der Waals surface area contributed by atoms with Crippen LogP contribution in [0.3, 0.4) is 0 Å². The third-order valence-corrected chi connectivity index (χ3v) is 5.05. The number of amides is 1. The third-order valence-electron chi connectivity index (χ3n) is 3.51. The molecule has 4 nitrogen and oxygen atoms in total. The first-order valence-electron chi connectivity index (χ1n) is 6.27. The van der Waals surface area contributed by atoms with Crippen molar-refractivity contribution < 1.29 is 9.53 Å². The summed E-state index contributed by atoms with van der Waals surface area (Å²) in [4.78, 5) is 11.7. The Morgan fingerprint density at radius 3 is 2.76 bits per heavy atom. The van der Waals surface area contributed by atoms with Crippen molar-refractivity contribution in [1.82, 2.24) is 10.6 Å². The molecule has 2 saturated heterocycles. The zero-order chi connectivity index (χ0) is 12.4. The average Bonchev–Trinajstić information content (AvgIpc) is 2.69. The van der Waals surface area contributed by atoms with E-state index in [1.165, 1.54) is 18.6 Å². The fourth-order valence-corrected chi connectivity index (χ4v) is 3.38. The quantitative estimate of drug-likeness (QED) is 0.765. The maximum Gasteiger partial charge on any atom is 0.246 e. The van der Waals surface area contributed by atoms with Gasteiger partial charge in [-0.15, -0.1) is 0 Å². The summed E-state index contributed by atoms with van der Waals surface area (Å²) in [6, 6.07) is 0. The van der Waals surface area contributed by atoms with E-state index in [-0.39, 0.29) is 22.9 Å². The molecule has 2 heterocycles. The third kappa shape index (κ3) is 3.60. The maximum atomic E-state index is 11.7. The Hall–Kier alpha value is -0.260. The van der Waals surface area contributed by atoms with E-state index in [4.69, 9.17) is 4.74 Å². The molecule has 2 rings (SSSR count). The van der Waals surface area contributed by atoms with Crippen molar-refractivity contribution in [3.63, 3.8) is 0 Å². The summed E-state index contributed by atoms with van der Waals surface area (Å²) in [6.07, 6.45) is 2.46. The molecule has 17 heavy (non-hydrogen) atoms. The van der Waals surface area contributed by atoms with Crippen LogP contribution in [0.25, 0.3) is 0 Å². The number of hydrogen-bond acceptors (Lipinski definition) is 4. The second-order valence-corrected chi connectivity index (χ2v) is 7.20. The smallest absolute Gasteiger partial charge is 0.246 e. The lowest BCUT2D eigenvalue weighted by atomic mass is 10.0. The fourth-order valence-electron chi connectivity index (χ4n) is 2.13. The van der Waals surface area contributed by atoms with Gasteiger partial charge in [-0.1, -0.05) is 0 Å². The van der Waals surface area contributed by atoms with Gasteiger partial charge in [0.1, 0.15) is 6.61 Å². The van der Waals surface area contributed by atoms with Gasteiger partial charge in [0.05, 0.1) is 5.60 Å². The van der Waals surface area contributed by atoms with Crippen LogP contribution in [0.15, 0.2) is 0 Å². The number of ether oxygens (including phenoxy) is 1. The maximum absolute atomic E-state index is 11.7. The first kappa shape index (κ1) is 13.2. The summed E-state index contributed by atoms with van der Waals surface area (Å²) >= 11 is 1.96. The van der Waals surface area contributed by atoms with Crippen LogP contribution in [0.5, 0.6) is 0 Å². The second kappa shape index (κ2) is 5.16. The SMILES string of the molecule is CC1(OCC(=O)NCC2(C)CCCS2)CNC1. The Kier molecular flexibility index (Phi) is 4.00. The van der Waals surface area contributed by atoms with Gasteiger partial charge in [0.15, 0.2) is 0 Å². The summed E-state index contributed by atoms with van der Waals surface area (Å²) in [5.41, 5.74) is -0.136. The van der Waals surface area contributed by atoms with Crippen molar-refractivity contribution >= 4 is 17.7 Å². The molecule has 98 valence electrons. The number of carbonyl (C=O) groups excluding carboxylic acids is 1. The molecule has 0 radical (unpaired) electrons. The minimum absolute atomic E-state index is 0.00634. The largest absolute Gasteiger partial charge is 0.363 e. The van der Waals surface area contributed by atoms with Crippen LogP contribution in [0.2, 0.25) is 0 Å². The highest BCUT2D eigenvalue weighted by atomic mass is 32.2. The van der Waals surface area contributed by atoms with Gasteiger partial charge in [-0.2, -0.15) is 11.8 Å². The van der Waals surface area contributed by atoms with Crippen LogP contribution in [-0.4, -0.2) is 48.2 Å². The number of rotatable bonds is 5. The first-order valence-corrected chi connectivity index (χ1v) is 7.25. The van der Waals surface area contributed by atoms with Crippen LogP contribution in [0, 0.1) is 0 Å². The summed E-state index contributed by atoms with van der Waals surface area (Å²) in [7, 11) is 0. The lowest BCUT2D eigenvalue weighted by molar-refractivity contribution is -0.135. The lowest BCUT2D eigenvalue weighted by Gasteiger charge is -2.38. The van der Waals surface area contributed by atoms with Crippen molar-refractivity contribution in [3.8, 4) is 0 Å². The van der Waals surface area contributed by atoms with Crippen LogP contribution < -0.4 is 10.6 Å². The average molecular weight is 258 g/mol. The first-order chi connectivity index (χ1) is 8.02. The van der Waals surface area contributed by atoms with Gasteiger partial charge in [-0.3, -0.25) is 4.79 Å². The summed E-state index contributed by atoms with van der Waals surface area (Å²) in [5, 5.41) is 6.13. The normalized spacial score (nSPS) is 30.9.